The predicted molar refractivity (Wildman–Crippen MR) is 174 cm³/mol. The summed E-state index contributed by atoms with van der Waals surface area (Å²) in [4.78, 5) is 9.77. The molecule has 0 saturated heterocycles. The van der Waals surface area contributed by atoms with Gasteiger partial charge in [0.2, 0.25) is 0 Å². The van der Waals surface area contributed by atoms with Gasteiger partial charge in [-0.05, 0) is 54.3 Å². The van der Waals surface area contributed by atoms with Crippen LogP contribution >= 0.6 is 22.9 Å². The minimum Gasteiger partial charge on any atom is -0.487 e. The van der Waals surface area contributed by atoms with Crippen LogP contribution in [0.15, 0.2) is 53.7 Å². The van der Waals surface area contributed by atoms with Crippen LogP contribution in [-0.2, 0) is 26.0 Å². The Hall–Kier alpha value is -3.52. The molecular formula is C32H36ClFN6O4S. The van der Waals surface area contributed by atoms with E-state index in [2.05, 4.69) is 5.32 Å². The lowest BCUT2D eigenvalue weighted by atomic mass is 9.92. The van der Waals surface area contributed by atoms with Gasteiger partial charge in [0.15, 0.2) is 0 Å². The molecule has 1 unspecified atom stereocenters. The Morgan fingerprint density at radius 3 is 2.76 bits per heavy atom. The number of aliphatic imine (C=N–C) groups is 1. The molecule has 2 atom stereocenters. The minimum absolute atomic E-state index is 0.0348. The number of aliphatic hydroxyl groups is 3. The zero-order valence-electron chi connectivity index (χ0n) is 24.9. The summed E-state index contributed by atoms with van der Waals surface area (Å²) in [5, 5.41) is 39.1. The largest absolute Gasteiger partial charge is 0.487 e. The van der Waals surface area contributed by atoms with E-state index in [0.29, 0.717) is 37.0 Å². The summed E-state index contributed by atoms with van der Waals surface area (Å²) in [5.41, 5.74) is 5.97. The molecule has 0 saturated carbocycles. The van der Waals surface area contributed by atoms with E-state index >= 15 is 0 Å². The highest BCUT2D eigenvalue weighted by atomic mass is 35.5. The molecule has 2 aromatic heterocycles. The summed E-state index contributed by atoms with van der Waals surface area (Å²) in [6, 6.07) is 11.9. The summed E-state index contributed by atoms with van der Waals surface area (Å²) in [6.07, 6.45) is 4.56. The first kappa shape index (κ1) is 31.5. The maximum atomic E-state index is 13.5. The number of halogens is 2. The van der Waals surface area contributed by atoms with Crippen LogP contribution in [0.3, 0.4) is 0 Å². The number of hydrogen-bond acceptors (Lipinski definition) is 10. The van der Waals surface area contributed by atoms with E-state index in [0.717, 1.165) is 50.8 Å². The molecule has 2 aromatic carbocycles. The summed E-state index contributed by atoms with van der Waals surface area (Å²) < 4.78 is 21.2. The lowest BCUT2D eigenvalue weighted by molar-refractivity contribution is 0.0751. The maximum Gasteiger partial charge on any atom is 0.138 e. The van der Waals surface area contributed by atoms with Crippen molar-refractivity contribution >= 4 is 40.0 Å². The quantitative estimate of drug-likeness (QED) is 0.167. The van der Waals surface area contributed by atoms with Gasteiger partial charge in [-0.15, -0.1) is 11.3 Å². The van der Waals surface area contributed by atoms with Gasteiger partial charge in [-0.2, -0.15) is 5.10 Å². The average molecular weight is 655 g/mol. The monoisotopic (exact) mass is 654 g/mol. The second kappa shape index (κ2) is 13.9. The Labute approximate surface area is 270 Å². The zero-order chi connectivity index (χ0) is 31.5. The molecule has 13 heteroatoms. The number of nitrogens with one attached hydrogen (secondary N) is 1. The summed E-state index contributed by atoms with van der Waals surface area (Å²) in [6.45, 7) is 1.57. The Morgan fingerprint density at radius 2 is 2.00 bits per heavy atom. The Morgan fingerprint density at radius 1 is 1.18 bits per heavy atom. The third kappa shape index (κ3) is 7.01. The maximum absolute atomic E-state index is 13.5. The number of aromatic nitrogens is 2. The number of anilines is 1. The van der Waals surface area contributed by atoms with Crippen LogP contribution in [0.1, 0.15) is 28.6 Å². The number of fused-ring (bicyclic) bond motifs is 5. The molecule has 238 valence electrons. The van der Waals surface area contributed by atoms with E-state index in [4.69, 9.17) is 26.4 Å². The Balaban J connectivity index is 1.18. The standard InChI is InChI=1S/C32H36ClFN6O4S/c1-38-19-35-32-29(31(38)36-22-5-8-28(26(33)14-22)44-18-20-3-2-4-21(34)13-20)24-6-7-27-25(30(24)45-32)17-40(37-27)16-23(43)15-39(9-11-41)10-12-42/h2-5,8,13-14,17,19,23,31,36,41-43H,6-7,9-12,15-16,18H2,1H3/t23-,31?/m1/s1. The van der Waals surface area contributed by atoms with E-state index in [1.807, 2.05) is 47.6 Å². The number of aryl methyl sites for hydroxylation is 1. The van der Waals surface area contributed by atoms with Crippen molar-refractivity contribution in [3.05, 3.63) is 81.9 Å². The molecule has 0 fully saturated rings. The number of rotatable bonds is 13. The molecule has 2 aliphatic rings. The van der Waals surface area contributed by atoms with Crippen LogP contribution in [0.5, 0.6) is 5.75 Å². The molecule has 1 aliphatic carbocycles. The molecule has 4 N–H and O–H groups in total. The molecule has 4 aromatic rings. The van der Waals surface area contributed by atoms with Crippen LogP contribution in [0.25, 0.3) is 10.4 Å². The third-order valence-corrected chi connectivity index (χ3v) is 9.46. The second-order valence-electron chi connectivity index (χ2n) is 11.3. The molecule has 0 spiro atoms. The highest BCUT2D eigenvalue weighted by molar-refractivity contribution is 7.19. The molecule has 1 aliphatic heterocycles. The molecule has 10 nitrogen and oxygen atoms in total. The Bertz CT molecular complexity index is 1670. The second-order valence-corrected chi connectivity index (χ2v) is 12.7. The van der Waals surface area contributed by atoms with E-state index in [1.165, 1.54) is 17.7 Å². The molecule has 0 amide bonds. The number of aliphatic hydroxyl groups excluding tert-OH is 3. The van der Waals surface area contributed by atoms with E-state index in [1.54, 1.807) is 28.2 Å². The highest BCUT2D eigenvalue weighted by Crippen LogP contribution is 2.50. The van der Waals surface area contributed by atoms with Gasteiger partial charge in [-0.25, -0.2) is 9.38 Å². The number of hydrogen-bond donors (Lipinski definition) is 4. The molecule has 3 heterocycles. The van der Waals surface area contributed by atoms with Crippen molar-refractivity contribution in [2.75, 3.05) is 45.2 Å². The summed E-state index contributed by atoms with van der Waals surface area (Å²) >= 11 is 8.25. The van der Waals surface area contributed by atoms with Crippen LogP contribution in [-0.4, -0.2) is 87.2 Å². The fourth-order valence-corrected chi connectivity index (χ4v) is 7.36. The van der Waals surface area contributed by atoms with Gasteiger partial charge in [0.1, 0.15) is 29.3 Å². The summed E-state index contributed by atoms with van der Waals surface area (Å²) in [5.74, 6) is 0.209. The van der Waals surface area contributed by atoms with Crippen molar-refractivity contribution < 1.29 is 24.4 Å². The van der Waals surface area contributed by atoms with Gasteiger partial charge in [-0.1, -0.05) is 23.7 Å². The van der Waals surface area contributed by atoms with Crippen molar-refractivity contribution in [1.29, 1.82) is 0 Å². The SMILES string of the molecule is CN1C=Nc2sc3c(c2C1Nc1ccc(OCc2cccc(F)c2)c(Cl)c1)CCc1nn(C[C@H](O)CN(CCO)CCO)cc1-3. The predicted octanol–water partition coefficient (Wildman–Crippen LogP) is 4.45. The van der Waals surface area contributed by atoms with E-state index in [-0.39, 0.29) is 31.8 Å². The van der Waals surface area contributed by atoms with E-state index in [9.17, 15) is 19.7 Å². The Kier molecular flexibility index (Phi) is 9.69. The molecule has 6 rings (SSSR count). The molecule has 0 bridgehead atoms. The molecule has 45 heavy (non-hydrogen) atoms. The normalized spacial score (nSPS) is 16.0. The topological polar surface area (TPSA) is 119 Å². The smallest absolute Gasteiger partial charge is 0.138 e. The van der Waals surface area contributed by atoms with Gasteiger partial charge in [0, 0.05) is 54.6 Å². The van der Waals surface area contributed by atoms with Gasteiger partial charge in [-0.3, -0.25) is 9.58 Å². The number of nitrogens with zero attached hydrogens (tertiary/aromatic N) is 5. The van der Waals surface area contributed by atoms with Gasteiger partial charge in [0.05, 0.1) is 42.9 Å². The van der Waals surface area contributed by atoms with Crippen molar-refractivity contribution in [3.63, 3.8) is 0 Å². The van der Waals surface area contributed by atoms with Crippen LogP contribution in [0.4, 0.5) is 15.1 Å². The van der Waals surface area contributed by atoms with Crippen molar-refractivity contribution in [3.8, 4) is 16.2 Å². The minimum atomic E-state index is -0.697. The van der Waals surface area contributed by atoms with Crippen LogP contribution < -0.4 is 10.1 Å². The number of benzene rings is 2. The average Bonchev–Trinajstić information content (AvgIpc) is 3.59. The van der Waals surface area contributed by atoms with Crippen molar-refractivity contribution in [1.82, 2.24) is 19.6 Å². The first-order valence-electron chi connectivity index (χ1n) is 14.9. The summed E-state index contributed by atoms with van der Waals surface area (Å²) in [7, 11) is 1.98. The van der Waals surface area contributed by atoms with Gasteiger partial charge < -0.3 is 30.3 Å². The number of ether oxygens (including phenoxy) is 1. The first-order valence-corrected chi connectivity index (χ1v) is 16.1. The fraction of sp³-hybridized carbons (Fsp3) is 0.375. The fourth-order valence-electron chi connectivity index (χ4n) is 5.87. The zero-order valence-corrected chi connectivity index (χ0v) is 26.4. The lowest BCUT2D eigenvalue weighted by Gasteiger charge is -2.32. The first-order chi connectivity index (χ1) is 21.8. The molecular weight excluding hydrogens is 619 g/mol. The third-order valence-electron chi connectivity index (χ3n) is 7.98. The van der Waals surface area contributed by atoms with Gasteiger partial charge >= 0.3 is 0 Å². The van der Waals surface area contributed by atoms with Crippen molar-refractivity contribution in [2.45, 2.75) is 38.3 Å². The molecule has 0 radical (unpaired) electrons. The lowest BCUT2D eigenvalue weighted by Crippen LogP contribution is -2.38. The highest BCUT2D eigenvalue weighted by Gasteiger charge is 2.33. The van der Waals surface area contributed by atoms with Crippen LogP contribution in [0.2, 0.25) is 5.02 Å². The number of thiophene rings is 1. The van der Waals surface area contributed by atoms with Gasteiger partial charge in [0.25, 0.3) is 0 Å². The van der Waals surface area contributed by atoms with Crippen LogP contribution in [0, 0.1) is 5.82 Å². The van der Waals surface area contributed by atoms with Crippen molar-refractivity contribution in [2.24, 2.45) is 4.99 Å². The van der Waals surface area contributed by atoms with E-state index < -0.39 is 6.10 Å².